The van der Waals surface area contributed by atoms with Crippen LogP contribution in [0.1, 0.15) is 18.4 Å². The molecule has 1 fully saturated rings. The molecule has 0 radical (unpaired) electrons. The highest BCUT2D eigenvalue weighted by Gasteiger charge is 2.21. The molecule has 3 N–H and O–H groups in total. The quantitative estimate of drug-likeness (QED) is 0.554. The standard InChI is InChI=1S/C21H21N7O/c22-19-17-18(14-5-3-7-16(29)11-14)26-28(21(17)25-13-24-19)12-15-6-4-8-23-20(15)27-9-1-2-10-27/h3-8,11,13,29H,1-2,9-10,12H2,(H2,22,24,25). The van der Waals surface area contributed by atoms with Gasteiger partial charge in [0, 0.05) is 30.4 Å². The van der Waals surface area contributed by atoms with Crippen LogP contribution < -0.4 is 10.6 Å². The fourth-order valence-electron chi connectivity index (χ4n) is 3.92. The first-order chi connectivity index (χ1) is 14.2. The number of hydrogen-bond acceptors (Lipinski definition) is 7. The van der Waals surface area contributed by atoms with E-state index in [1.54, 1.807) is 18.2 Å². The van der Waals surface area contributed by atoms with E-state index in [0.717, 1.165) is 30.0 Å². The molecule has 146 valence electrons. The Bertz CT molecular complexity index is 1180. The lowest BCUT2D eigenvalue weighted by Gasteiger charge is -2.19. The Morgan fingerprint density at radius 2 is 1.90 bits per heavy atom. The van der Waals surface area contributed by atoms with E-state index in [1.807, 2.05) is 23.0 Å². The summed E-state index contributed by atoms with van der Waals surface area (Å²) in [5.41, 5.74) is 9.34. The highest BCUT2D eigenvalue weighted by atomic mass is 16.3. The lowest BCUT2D eigenvalue weighted by molar-refractivity contribution is 0.475. The lowest BCUT2D eigenvalue weighted by Crippen LogP contribution is -2.21. The third-order valence-corrected chi connectivity index (χ3v) is 5.27. The number of aromatic nitrogens is 5. The Kier molecular flexibility index (Phi) is 4.23. The SMILES string of the molecule is Nc1ncnc2c1c(-c1cccc(O)c1)nn2Cc1cccnc1N1CCCC1. The molecule has 1 aliphatic rings. The van der Waals surface area contributed by atoms with Crippen LogP contribution in [0.25, 0.3) is 22.3 Å². The molecule has 4 aromatic rings. The summed E-state index contributed by atoms with van der Waals surface area (Å²) in [6.07, 6.45) is 5.65. The molecular formula is C21H21N7O. The maximum absolute atomic E-state index is 9.90. The van der Waals surface area contributed by atoms with Crippen LogP contribution in [0.3, 0.4) is 0 Å². The number of pyridine rings is 1. The summed E-state index contributed by atoms with van der Waals surface area (Å²) in [6, 6.07) is 11.0. The largest absolute Gasteiger partial charge is 0.508 e. The van der Waals surface area contributed by atoms with Crippen molar-refractivity contribution in [3.8, 4) is 17.0 Å². The summed E-state index contributed by atoms with van der Waals surface area (Å²) in [7, 11) is 0. The lowest BCUT2D eigenvalue weighted by atomic mass is 10.1. The number of rotatable bonds is 4. The second kappa shape index (κ2) is 7.05. The summed E-state index contributed by atoms with van der Waals surface area (Å²) < 4.78 is 1.84. The van der Waals surface area contributed by atoms with Crippen LogP contribution >= 0.6 is 0 Å². The molecule has 4 heterocycles. The van der Waals surface area contributed by atoms with Crippen molar-refractivity contribution >= 4 is 22.7 Å². The molecule has 0 aliphatic carbocycles. The first-order valence-electron chi connectivity index (χ1n) is 9.66. The second-order valence-corrected chi connectivity index (χ2v) is 7.19. The van der Waals surface area contributed by atoms with E-state index >= 15 is 0 Å². The Hall–Kier alpha value is -3.68. The van der Waals surface area contributed by atoms with Crippen LogP contribution in [-0.2, 0) is 6.54 Å². The predicted octanol–water partition coefficient (Wildman–Crippen LogP) is 2.82. The number of nitrogens with zero attached hydrogens (tertiary/aromatic N) is 6. The second-order valence-electron chi connectivity index (χ2n) is 7.19. The number of anilines is 2. The average Bonchev–Trinajstić information content (AvgIpc) is 3.38. The summed E-state index contributed by atoms with van der Waals surface area (Å²) >= 11 is 0. The highest BCUT2D eigenvalue weighted by molar-refractivity contribution is 5.98. The number of hydrogen-bond donors (Lipinski definition) is 2. The average molecular weight is 387 g/mol. The van der Waals surface area contributed by atoms with Gasteiger partial charge in [0.2, 0.25) is 0 Å². The van der Waals surface area contributed by atoms with Crippen LogP contribution in [0.5, 0.6) is 5.75 Å². The van der Waals surface area contributed by atoms with Crippen LogP contribution in [0.15, 0.2) is 48.9 Å². The molecule has 1 aliphatic heterocycles. The summed E-state index contributed by atoms with van der Waals surface area (Å²) in [5, 5.41) is 15.4. The van der Waals surface area contributed by atoms with E-state index in [4.69, 9.17) is 10.8 Å². The van der Waals surface area contributed by atoms with Gasteiger partial charge in [0.1, 0.15) is 29.4 Å². The van der Waals surface area contributed by atoms with Gasteiger partial charge >= 0.3 is 0 Å². The number of aromatic hydroxyl groups is 1. The zero-order valence-corrected chi connectivity index (χ0v) is 15.9. The summed E-state index contributed by atoms with van der Waals surface area (Å²) in [5.74, 6) is 1.53. The molecule has 1 saturated heterocycles. The fraction of sp³-hybridized carbons (Fsp3) is 0.238. The van der Waals surface area contributed by atoms with Gasteiger partial charge < -0.3 is 15.7 Å². The normalized spacial score (nSPS) is 14.0. The van der Waals surface area contributed by atoms with E-state index in [2.05, 4.69) is 25.9 Å². The molecule has 0 saturated carbocycles. The number of nitrogen functional groups attached to an aromatic ring is 1. The minimum absolute atomic E-state index is 0.171. The highest BCUT2D eigenvalue weighted by Crippen LogP contribution is 2.32. The first-order valence-corrected chi connectivity index (χ1v) is 9.66. The third-order valence-electron chi connectivity index (χ3n) is 5.27. The van der Waals surface area contributed by atoms with Crippen molar-refractivity contribution in [2.75, 3.05) is 23.7 Å². The molecular weight excluding hydrogens is 366 g/mol. The van der Waals surface area contributed by atoms with Crippen LogP contribution in [-0.4, -0.2) is 42.9 Å². The van der Waals surface area contributed by atoms with Gasteiger partial charge in [-0.05, 0) is 31.0 Å². The van der Waals surface area contributed by atoms with Crippen molar-refractivity contribution < 1.29 is 5.11 Å². The van der Waals surface area contributed by atoms with Gasteiger partial charge in [-0.2, -0.15) is 5.10 Å². The van der Waals surface area contributed by atoms with Crippen molar-refractivity contribution in [2.24, 2.45) is 0 Å². The Morgan fingerprint density at radius 1 is 1.03 bits per heavy atom. The van der Waals surface area contributed by atoms with Gasteiger partial charge in [-0.1, -0.05) is 18.2 Å². The molecule has 29 heavy (non-hydrogen) atoms. The number of phenols is 1. The smallest absolute Gasteiger partial charge is 0.164 e. The van der Waals surface area contributed by atoms with Crippen LogP contribution in [0, 0.1) is 0 Å². The zero-order chi connectivity index (χ0) is 19.8. The van der Waals surface area contributed by atoms with Crippen molar-refractivity contribution in [3.63, 3.8) is 0 Å². The molecule has 0 spiro atoms. The predicted molar refractivity (Wildman–Crippen MR) is 112 cm³/mol. The van der Waals surface area contributed by atoms with Gasteiger partial charge in [-0.15, -0.1) is 0 Å². The Morgan fingerprint density at radius 3 is 2.72 bits per heavy atom. The van der Waals surface area contributed by atoms with Crippen molar-refractivity contribution in [3.05, 3.63) is 54.5 Å². The van der Waals surface area contributed by atoms with Crippen molar-refractivity contribution in [1.82, 2.24) is 24.7 Å². The Balaban J connectivity index is 1.63. The number of nitrogens with two attached hydrogens (primary N) is 1. The van der Waals surface area contributed by atoms with Crippen molar-refractivity contribution in [2.45, 2.75) is 19.4 Å². The molecule has 5 rings (SSSR count). The Labute approximate surface area is 167 Å². The fourth-order valence-corrected chi connectivity index (χ4v) is 3.92. The van der Waals surface area contributed by atoms with E-state index in [1.165, 1.54) is 19.2 Å². The third kappa shape index (κ3) is 3.12. The first kappa shape index (κ1) is 17.4. The van der Waals surface area contributed by atoms with Gasteiger partial charge in [-0.3, -0.25) is 0 Å². The van der Waals surface area contributed by atoms with E-state index in [9.17, 15) is 5.11 Å². The van der Waals surface area contributed by atoms with E-state index in [0.29, 0.717) is 29.1 Å². The monoisotopic (exact) mass is 387 g/mol. The molecule has 3 aromatic heterocycles. The van der Waals surface area contributed by atoms with Gasteiger partial charge in [-0.25, -0.2) is 19.6 Å². The maximum atomic E-state index is 9.90. The molecule has 8 nitrogen and oxygen atoms in total. The van der Waals surface area contributed by atoms with Crippen LogP contribution in [0.4, 0.5) is 11.6 Å². The molecule has 1 aromatic carbocycles. The minimum Gasteiger partial charge on any atom is -0.508 e. The number of phenolic OH excluding ortho intramolecular Hbond substituents is 1. The number of fused-ring (bicyclic) bond motifs is 1. The molecule has 0 atom stereocenters. The van der Waals surface area contributed by atoms with Gasteiger partial charge in [0.15, 0.2) is 5.65 Å². The molecule has 0 bridgehead atoms. The minimum atomic E-state index is 0.171. The van der Waals surface area contributed by atoms with E-state index < -0.39 is 0 Å². The van der Waals surface area contributed by atoms with Crippen LogP contribution in [0.2, 0.25) is 0 Å². The molecule has 8 heteroatoms. The van der Waals surface area contributed by atoms with E-state index in [-0.39, 0.29) is 5.75 Å². The number of benzene rings is 1. The molecule has 0 unspecified atom stereocenters. The van der Waals surface area contributed by atoms with Gasteiger partial charge in [0.05, 0.1) is 11.9 Å². The molecule has 0 amide bonds. The topological polar surface area (TPSA) is 106 Å². The zero-order valence-electron chi connectivity index (χ0n) is 15.9. The summed E-state index contributed by atoms with van der Waals surface area (Å²) in [6.45, 7) is 2.56. The summed E-state index contributed by atoms with van der Waals surface area (Å²) in [4.78, 5) is 15.5. The maximum Gasteiger partial charge on any atom is 0.164 e. The van der Waals surface area contributed by atoms with Crippen molar-refractivity contribution in [1.29, 1.82) is 0 Å². The van der Waals surface area contributed by atoms with Gasteiger partial charge in [0.25, 0.3) is 0 Å².